The second kappa shape index (κ2) is 9.41. The van der Waals surface area contributed by atoms with Crippen LogP contribution in [0.15, 0.2) is 54.6 Å². The Morgan fingerprint density at radius 1 is 1.10 bits per heavy atom. The molecule has 0 bridgehead atoms. The summed E-state index contributed by atoms with van der Waals surface area (Å²) in [6.45, 7) is 5.84. The molecule has 2 aromatic carbocycles. The van der Waals surface area contributed by atoms with Crippen LogP contribution < -0.4 is 10.1 Å². The van der Waals surface area contributed by atoms with E-state index in [9.17, 15) is 9.59 Å². The molecule has 0 unspecified atom stereocenters. The Morgan fingerprint density at radius 2 is 1.77 bits per heavy atom. The summed E-state index contributed by atoms with van der Waals surface area (Å²) in [6, 6.07) is 14.7. The van der Waals surface area contributed by atoms with Crippen LogP contribution >= 0.6 is 11.6 Å². The van der Waals surface area contributed by atoms with E-state index in [0.29, 0.717) is 28.7 Å². The third-order valence-corrected chi connectivity index (χ3v) is 4.74. The SMILES string of the molecule is CC(=O)Nc1ccc(OC(=O)/C=C/c2c(C)nn(Cc3ccc(C)cc3)c2Cl)cc1. The number of aromatic nitrogens is 2. The van der Waals surface area contributed by atoms with E-state index in [2.05, 4.69) is 10.4 Å². The zero-order valence-corrected chi connectivity index (χ0v) is 17.7. The Bertz CT molecular complexity index is 1080. The fraction of sp³-hybridized carbons (Fsp3) is 0.174. The van der Waals surface area contributed by atoms with Gasteiger partial charge >= 0.3 is 5.97 Å². The Labute approximate surface area is 180 Å². The van der Waals surface area contributed by atoms with E-state index in [0.717, 1.165) is 11.3 Å². The van der Waals surface area contributed by atoms with E-state index in [1.54, 1.807) is 35.0 Å². The van der Waals surface area contributed by atoms with Gasteiger partial charge in [0.05, 0.1) is 12.2 Å². The molecule has 0 saturated carbocycles. The van der Waals surface area contributed by atoms with Gasteiger partial charge in [-0.25, -0.2) is 9.48 Å². The summed E-state index contributed by atoms with van der Waals surface area (Å²) in [5, 5.41) is 7.57. The van der Waals surface area contributed by atoms with E-state index in [4.69, 9.17) is 16.3 Å². The molecule has 154 valence electrons. The Kier molecular flexibility index (Phi) is 6.69. The number of carbonyl (C=O) groups excluding carboxylic acids is 2. The number of anilines is 1. The maximum Gasteiger partial charge on any atom is 0.336 e. The van der Waals surface area contributed by atoms with Crippen molar-refractivity contribution in [3.63, 3.8) is 0 Å². The first-order valence-electron chi connectivity index (χ1n) is 9.38. The van der Waals surface area contributed by atoms with E-state index < -0.39 is 5.97 Å². The first-order chi connectivity index (χ1) is 14.3. The van der Waals surface area contributed by atoms with Crippen molar-refractivity contribution in [2.24, 2.45) is 0 Å². The summed E-state index contributed by atoms with van der Waals surface area (Å²) in [5.74, 6) is -0.335. The average molecular weight is 424 g/mol. The van der Waals surface area contributed by atoms with Gasteiger partial charge in [-0.05, 0) is 49.8 Å². The van der Waals surface area contributed by atoms with Crippen LogP contribution in [-0.4, -0.2) is 21.7 Å². The van der Waals surface area contributed by atoms with Crippen LogP contribution in [-0.2, 0) is 16.1 Å². The molecule has 3 rings (SSSR count). The lowest BCUT2D eigenvalue weighted by atomic mass is 10.1. The molecule has 1 amide bonds. The molecule has 3 aromatic rings. The minimum atomic E-state index is -0.538. The number of benzene rings is 2. The van der Waals surface area contributed by atoms with Crippen molar-refractivity contribution in [1.29, 1.82) is 0 Å². The second-order valence-corrected chi connectivity index (χ2v) is 7.25. The number of aryl methyl sites for hydroxylation is 2. The largest absolute Gasteiger partial charge is 0.423 e. The molecular weight excluding hydrogens is 402 g/mol. The Balaban J connectivity index is 1.66. The van der Waals surface area contributed by atoms with E-state index in [1.165, 1.54) is 18.6 Å². The molecular formula is C23H22ClN3O3. The number of nitrogens with one attached hydrogen (secondary N) is 1. The number of rotatable bonds is 6. The van der Waals surface area contributed by atoms with Crippen molar-refractivity contribution in [1.82, 2.24) is 9.78 Å². The quantitative estimate of drug-likeness (QED) is 0.352. The monoisotopic (exact) mass is 423 g/mol. The minimum Gasteiger partial charge on any atom is -0.423 e. The molecule has 0 aliphatic rings. The highest BCUT2D eigenvalue weighted by molar-refractivity contribution is 6.31. The maximum absolute atomic E-state index is 12.2. The van der Waals surface area contributed by atoms with Gasteiger partial charge in [0.1, 0.15) is 10.9 Å². The number of ether oxygens (including phenoxy) is 1. The summed E-state index contributed by atoms with van der Waals surface area (Å²) in [7, 11) is 0. The minimum absolute atomic E-state index is 0.169. The van der Waals surface area contributed by atoms with Gasteiger partial charge < -0.3 is 10.1 Å². The van der Waals surface area contributed by atoms with Crippen LogP contribution in [0.5, 0.6) is 5.75 Å². The first kappa shape index (κ1) is 21.3. The lowest BCUT2D eigenvalue weighted by molar-refractivity contribution is -0.128. The van der Waals surface area contributed by atoms with Crippen molar-refractivity contribution < 1.29 is 14.3 Å². The van der Waals surface area contributed by atoms with Gasteiger partial charge in [0.15, 0.2) is 0 Å². The standard InChI is InChI=1S/C23H22ClN3O3/c1-15-4-6-18(7-5-15)14-27-23(24)21(16(2)26-27)12-13-22(29)30-20-10-8-19(9-11-20)25-17(3)28/h4-13H,14H2,1-3H3,(H,25,28)/b13-12+. The Morgan fingerprint density at radius 3 is 2.40 bits per heavy atom. The first-order valence-corrected chi connectivity index (χ1v) is 9.75. The molecule has 0 aliphatic heterocycles. The lowest BCUT2D eigenvalue weighted by Gasteiger charge is -2.04. The topological polar surface area (TPSA) is 73.2 Å². The van der Waals surface area contributed by atoms with Crippen LogP contribution in [0.25, 0.3) is 6.08 Å². The van der Waals surface area contributed by atoms with Crippen LogP contribution in [0.3, 0.4) is 0 Å². The van der Waals surface area contributed by atoms with Gasteiger partial charge in [-0.2, -0.15) is 5.10 Å². The summed E-state index contributed by atoms with van der Waals surface area (Å²) < 4.78 is 6.98. The van der Waals surface area contributed by atoms with E-state index in [1.807, 2.05) is 38.1 Å². The van der Waals surface area contributed by atoms with Crippen LogP contribution in [0.1, 0.15) is 29.3 Å². The highest BCUT2D eigenvalue weighted by Gasteiger charge is 2.12. The molecule has 6 nitrogen and oxygen atoms in total. The van der Waals surface area contributed by atoms with Crippen LogP contribution in [0, 0.1) is 13.8 Å². The van der Waals surface area contributed by atoms with E-state index >= 15 is 0 Å². The summed E-state index contributed by atoms with van der Waals surface area (Å²) in [5.41, 5.74) is 4.29. The van der Waals surface area contributed by atoms with Gasteiger partial charge in [-0.1, -0.05) is 41.4 Å². The smallest absolute Gasteiger partial charge is 0.336 e. The van der Waals surface area contributed by atoms with Gasteiger partial charge in [0.25, 0.3) is 0 Å². The molecule has 0 aliphatic carbocycles. The van der Waals surface area contributed by atoms with Crippen molar-refractivity contribution >= 4 is 35.2 Å². The maximum atomic E-state index is 12.2. The predicted molar refractivity (Wildman–Crippen MR) is 118 cm³/mol. The zero-order chi connectivity index (χ0) is 21.7. The van der Waals surface area contributed by atoms with Gasteiger partial charge in [-0.15, -0.1) is 0 Å². The number of nitrogens with zero attached hydrogens (tertiary/aromatic N) is 2. The normalized spacial score (nSPS) is 10.9. The molecule has 0 radical (unpaired) electrons. The molecule has 1 heterocycles. The molecule has 1 N–H and O–H groups in total. The summed E-state index contributed by atoms with van der Waals surface area (Å²) in [4.78, 5) is 23.2. The van der Waals surface area contributed by atoms with Crippen LogP contribution in [0.2, 0.25) is 5.15 Å². The highest BCUT2D eigenvalue weighted by atomic mass is 35.5. The molecule has 0 spiro atoms. The fourth-order valence-electron chi connectivity index (χ4n) is 2.84. The Hall–Kier alpha value is -3.38. The van der Waals surface area contributed by atoms with Gasteiger partial charge in [0, 0.05) is 24.3 Å². The van der Waals surface area contributed by atoms with Gasteiger partial charge in [-0.3, -0.25) is 4.79 Å². The van der Waals surface area contributed by atoms with Crippen LogP contribution in [0.4, 0.5) is 5.69 Å². The molecule has 0 saturated heterocycles. The highest BCUT2D eigenvalue weighted by Crippen LogP contribution is 2.23. The number of hydrogen-bond donors (Lipinski definition) is 1. The number of hydrogen-bond acceptors (Lipinski definition) is 4. The molecule has 30 heavy (non-hydrogen) atoms. The van der Waals surface area contributed by atoms with Crippen molar-refractivity contribution in [2.75, 3.05) is 5.32 Å². The van der Waals surface area contributed by atoms with Crippen molar-refractivity contribution in [3.8, 4) is 5.75 Å². The summed E-state index contributed by atoms with van der Waals surface area (Å²) in [6.07, 6.45) is 2.91. The van der Waals surface area contributed by atoms with Crippen molar-refractivity contribution in [3.05, 3.63) is 82.1 Å². The molecule has 0 fully saturated rings. The third-order valence-electron chi connectivity index (χ3n) is 4.34. The average Bonchev–Trinajstić information content (AvgIpc) is 2.96. The number of halogens is 1. The fourth-order valence-corrected chi connectivity index (χ4v) is 3.14. The molecule has 1 aromatic heterocycles. The predicted octanol–water partition coefficient (Wildman–Crippen LogP) is 4.78. The van der Waals surface area contributed by atoms with Gasteiger partial charge in [0.2, 0.25) is 5.91 Å². The second-order valence-electron chi connectivity index (χ2n) is 6.89. The number of amides is 1. The third kappa shape index (κ3) is 5.58. The summed E-state index contributed by atoms with van der Waals surface area (Å²) >= 11 is 6.48. The van der Waals surface area contributed by atoms with E-state index in [-0.39, 0.29) is 5.91 Å². The lowest BCUT2D eigenvalue weighted by Crippen LogP contribution is -2.06. The number of esters is 1. The number of carbonyl (C=O) groups is 2. The molecule has 7 heteroatoms. The molecule has 0 atom stereocenters. The zero-order valence-electron chi connectivity index (χ0n) is 17.0. The van der Waals surface area contributed by atoms with Crippen molar-refractivity contribution in [2.45, 2.75) is 27.3 Å².